The van der Waals surface area contributed by atoms with Gasteiger partial charge in [-0.25, -0.2) is 3.93 Å². The van der Waals surface area contributed by atoms with Crippen LogP contribution < -0.4 is 5.32 Å². The van der Waals surface area contributed by atoms with Crippen LogP contribution in [-0.2, 0) is 9.53 Å². The van der Waals surface area contributed by atoms with Gasteiger partial charge in [0.15, 0.2) is 0 Å². The molecule has 0 unspecified atom stereocenters. The number of nitrogens with zero attached hydrogens (tertiary/aromatic N) is 1. The Labute approximate surface area is 131 Å². The summed E-state index contributed by atoms with van der Waals surface area (Å²) in [7, 11) is 0. The number of nitrogens with one attached hydrogen (secondary N) is 1. The normalized spacial score (nSPS) is 22.5. The molecule has 0 aromatic rings. The second-order valence-electron chi connectivity index (χ2n) is 6.84. The second-order valence-corrected chi connectivity index (χ2v) is 7.55. The van der Waals surface area contributed by atoms with Gasteiger partial charge in [-0.1, -0.05) is 6.58 Å². The number of carbonyl (C=O) groups excluding carboxylic acids is 1. The summed E-state index contributed by atoms with van der Waals surface area (Å²) in [4.78, 5) is 11.4. The van der Waals surface area contributed by atoms with E-state index in [4.69, 9.17) is 4.74 Å². The van der Waals surface area contributed by atoms with Crippen molar-refractivity contribution in [2.45, 2.75) is 64.6 Å². The van der Waals surface area contributed by atoms with Gasteiger partial charge in [0.25, 0.3) is 0 Å². The van der Waals surface area contributed by atoms with E-state index in [-0.39, 0.29) is 23.1 Å². The molecule has 0 radical (unpaired) electrons. The predicted molar refractivity (Wildman–Crippen MR) is 85.7 cm³/mol. The van der Waals surface area contributed by atoms with Gasteiger partial charge in [-0.3, -0.25) is 4.79 Å². The molecule has 1 saturated heterocycles. The molecule has 1 heterocycles. The number of hydrogen-bond donors (Lipinski definition) is 1. The number of halogens is 1. The quantitative estimate of drug-likeness (QED) is 0.472. The molecule has 0 saturated carbocycles. The minimum Gasteiger partial charge on any atom is -0.376 e. The van der Waals surface area contributed by atoms with Crippen LogP contribution in [0.2, 0.25) is 0 Å². The summed E-state index contributed by atoms with van der Waals surface area (Å²) in [6, 6.07) is 0. The fourth-order valence-corrected chi connectivity index (χ4v) is 3.11. The van der Waals surface area contributed by atoms with E-state index >= 15 is 0 Å². The SMILES string of the molecule is C=C(C)C(=O)NCCOC1CC(C)(C)N(Br)C(C)(C)C1. The van der Waals surface area contributed by atoms with Gasteiger partial charge in [0.05, 0.1) is 12.7 Å². The lowest BCUT2D eigenvalue weighted by Gasteiger charge is -2.51. The zero-order chi connectivity index (χ0) is 15.6. The summed E-state index contributed by atoms with van der Waals surface area (Å²) in [5, 5.41) is 2.79. The van der Waals surface area contributed by atoms with Crippen molar-refractivity contribution in [2.24, 2.45) is 0 Å². The first-order chi connectivity index (χ1) is 9.06. The highest BCUT2D eigenvalue weighted by atomic mass is 79.9. The largest absolute Gasteiger partial charge is 0.376 e. The minimum absolute atomic E-state index is 0.0490. The van der Waals surface area contributed by atoms with Gasteiger partial charge < -0.3 is 10.1 Å². The van der Waals surface area contributed by atoms with E-state index in [0.717, 1.165) is 12.8 Å². The third-order valence-electron chi connectivity index (χ3n) is 3.65. The number of rotatable bonds is 5. The molecule has 0 aliphatic carbocycles. The first-order valence-corrected chi connectivity index (χ1v) is 7.78. The topological polar surface area (TPSA) is 41.6 Å². The summed E-state index contributed by atoms with van der Waals surface area (Å²) in [5.41, 5.74) is 0.626. The monoisotopic (exact) mass is 346 g/mol. The van der Waals surface area contributed by atoms with Gasteiger partial charge in [0, 0.05) is 39.3 Å². The first kappa shape index (κ1) is 17.7. The number of amides is 1. The standard InChI is InChI=1S/C15H27BrN2O2/c1-11(2)13(19)17-7-8-20-12-9-14(3,4)18(16)15(5,6)10-12/h12H,1,7-10H2,2-6H3,(H,17,19). The van der Waals surface area contributed by atoms with Crippen LogP contribution in [0.25, 0.3) is 0 Å². The fourth-order valence-electron chi connectivity index (χ4n) is 2.83. The van der Waals surface area contributed by atoms with Crippen molar-refractivity contribution in [3.8, 4) is 0 Å². The molecular weight excluding hydrogens is 320 g/mol. The zero-order valence-corrected chi connectivity index (χ0v) is 14.8. The Hall–Kier alpha value is -0.390. The van der Waals surface area contributed by atoms with E-state index in [9.17, 15) is 4.79 Å². The van der Waals surface area contributed by atoms with E-state index in [1.54, 1.807) is 6.92 Å². The van der Waals surface area contributed by atoms with E-state index in [1.165, 1.54) is 0 Å². The molecule has 116 valence electrons. The van der Waals surface area contributed by atoms with Crippen LogP contribution in [0.4, 0.5) is 0 Å². The maximum atomic E-state index is 11.4. The van der Waals surface area contributed by atoms with Crippen molar-refractivity contribution in [2.75, 3.05) is 13.2 Å². The van der Waals surface area contributed by atoms with Crippen LogP contribution in [0.3, 0.4) is 0 Å². The van der Waals surface area contributed by atoms with Crippen LogP contribution >= 0.6 is 16.1 Å². The third kappa shape index (κ3) is 4.57. The number of carbonyl (C=O) groups is 1. The van der Waals surface area contributed by atoms with E-state index in [1.807, 2.05) is 0 Å². The van der Waals surface area contributed by atoms with Crippen molar-refractivity contribution in [1.29, 1.82) is 0 Å². The predicted octanol–water partition coefficient (Wildman–Crippen LogP) is 3.03. The summed E-state index contributed by atoms with van der Waals surface area (Å²) in [6.45, 7) is 15.2. The second kappa shape index (κ2) is 6.58. The lowest BCUT2D eigenvalue weighted by molar-refractivity contribution is -0.118. The molecule has 20 heavy (non-hydrogen) atoms. The molecule has 0 aromatic carbocycles. The summed E-state index contributed by atoms with van der Waals surface area (Å²) in [6.07, 6.45) is 2.15. The van der Waals surface area contributed by atoms with Crippen molar-refractivity contribution in [3.63, 3.8) is 0 Å². The Balaban J connectivity index is 2.42. The van der Waals surface area contributed by atoms with E-state index < -0.39 is 0 Å². The zero-order valence-electron chi connectivity index (χ0n) is 13.3. The Morgan fingerprint density at radius 2 is 1.85 bits per heavy atom. The van der Waals surface area contributed by atoms with Crippen molar-refractivity contribution in [3.05, 3.63) is 12.2 Å². The highest BCUT2D eigenvalue weighted by molar-refractivity contribution is 9.07. The average molecular weight is 347 g/mol. The highest BCUT2D eigenvalue weighted by Crippen LogP contribution is 2.41. The first-order valence-electron chi connectivity index (χ1n) is 7.08. The van der Waals surface area contributed by atoms with Crippen LogP contribution in [-0.4, -0.2) is 40.2 Å². The highest BCUT2D eigenvalue weighted by Gasteiger charge is 2.44. The maximum Gasteiger partial charge on any atom is 0.246 e. The van der Waals surface area contributed by atoms with Crippen LogP contribution in [0.15, 0.2) is 12.2 Å². The van der Waals surface area contributed by atoms with Gasteiger partial charge in [-0.05, 0) is 47.5 Å². The minimum atomic E-state index is -0.107. The summed E-state index contributed by atoms with van der Waals surface area (Å²) >= 11 is 3.69. The molecular formula is C15H27BrN2O2. The van der Waals surface area contributed by atoms with E-state index in [0.29, 0.717) is 18.7 Å². The molecule has 0 spiro atoms. The van der Waals surface area contributed by atoms with Gasteiger partial charge >= 0.3 is 0 Å². The lowest BCUT2D eigenvalue weighted by Crippen LogP contribution is -2.57. The van der Waals surface area contributed by atoms with Crippen molar-refractivity contribution in [1.82, 2.24) is 9.24 Å². The van der Waals surface area contributed by atoms with Crippen LogP contribution in [0, 0.1) is 0 Å². The summed E-state index contributed by atoms with van der Waals surface area (Å²) in [5.74, 6) is -0.107. The molecule has 1 aliphatic rings. The molecule has 1 fully saturated rings. The fraction of sp³-hybridized carbons (Fsp3) is 0.800. The number of hydrogen-bond acceptors (Lipinski definition) is 3. The molecule has 4 nitrogen and oxygen atoms in total. The number of piperidine rings is 1. The van der Waals surface area contributed by atoms with Crippen LogP contribution in [0.1, 0.15) is 47.5 Å². The Morgan fingerprint density at radius 3 is 2.30 bits per heavy atom. The molecule has 5 heteroatoms. The van der Waals surface area contributed by atoms with Gasteiger partial charge in [-0.2, -0.15) is 0 Å². The lowest BCUT2D eigenvalue weighted by atomic mass is 9.81. The smallest absolute Gasteiger partial charge is 0.246 e. The van der Waals surface area contributed by atoms with E-state index in [2.05, 4.69) is 59.7 Å². The number of ether oxygens (including phenoxy) is 1. The molecule has 0 bridgehead atoms. The molecule has 1 amide bonds. The maximum absolute atomic E-state index is 11.4. The Bertz CT molecular complexity index is 362. The molecule has 1 N–H and O–H groups in total. The van der Waals surface area contributed by atoms with Gasteiger partial charge in [-0.15, -0.1) is 0 Å². The molecule has 1 rings (SSSR count). The average Bonchev–Trinajstić information content (AvgIpc) is 2.30. The van der Waals surface area contributed by atoms with Crippen molar-refractivity contribution < 1.29 is 9.53 Å². The molecule has 1 aliphatic heterocycles. The molecule has 0 atom stereocenters. The summed E-state index contributed by atoms with van der Waals surface area (Å²) < 4.78 is 8.19. The molecule has 0 aromatic heterocycles. The Morgan fingerprint density at radius 1 is 1.35 bits per heavy atom. The third-order valence-corrected chi connectivity index (χ3v) is 5.57. The van der Waals surface area contributed by atoms with Crippen molar-refractivity contribution >= 4 is 22.1 Å². The van der Waals surface area contributed by atoms with Crippen LogP contribution in [0.5, 0.6) is 0 Å². The van der Waals surface area contributed by atoms with Gasteiger partial charge in [0.2, 0.25) is 5.91 Å². The van der Waals surface area contributed by atoms with Gasteiger partial charge in [0.1, 0.15) is 0 Å². The Kier molecular flexibility index (Phi) is 5.81.